The summed E-state index contributed by atoms with van der Waals surface area (Å²) in [7, 11) is 0. The minimum atomic E-state index is -0.125. The molecule has 3 aromatic heterocycles. The van der Waals surface area contributed by atoms with Gasteiger partial charge in [-0.25, -0.2) is 0 Å². The molecule has 6 rings (SSSR count). The number of carbonyl (C=O) groups excluding carboxylic acids is 1. The fraction of sp³-hybridized carbons (Fsp3) is 0.0769. The minimum absolute atomic E-state index is 0. The fourth-order valence-corrected chi connectivity index (χ4v) is 6.14. The molecule has 3 nitrogen and oxygen atoms in total. The van der Waals surface area contributed by atoms with Crippen molar-refractivity contribution in [2.24, 2.45) is 0 Å². The van der Waals surface area contributed by atoms with Crippen LogP contribution in [0.15, 0.2) is 72.5 Å². The van der Waals surface area contributed by atoms with Crippen LogP contribution in [0, 0.1) is 6.07 Å². The molecule has 6 aromatic rings. The Morgan fingerprint density at radius 2 is 1.62 bits per heavy atom. The van der Waals surface area contributed by atoms with Gasteiger partial charge in [-0.3, -0.25) is 9.78 Å². The number of rotatable bonds is 1. The first-order valence-corrected chi connectivity index (χ1v) is 11.5. The Morgan fingerprint density at radius 3 is 2.31 bits per heavy atom. The molecule has 3 aromatic carbocycles. The zero-order valence-corrected chi connectivity index (χ0v) is 21.3. The van der Waals surface area contributed by atoms with E-state index in [4.69, 9.17) is 10.1 Å². The second-order valence-corrected chi connectivity index (χ2v) is 9.52. The molecule has 0 bridgehead atoms. The first-order valence-electron chi connectivity index (χ1n) is 9.83. The second kappa shape index (κ2) is 9.08. The summed E-state index contributed by atoms with van der Waals surface area (Å²) < 4.78 is 5.18. The number of pyridine rings is 1. The van der Waals surface area contributed by atoms with Crippen LogP contribution in [-0.2, 0) is 24.9 Å². The number of para-hydroxylation sites is 1. The van der Waals surface area contributed by atoms with Crippen molar-refractivity contribution in [2.75, 3.05) is 0 Å². The molecule has 32 heavy (non-hydrogen) atoms. The average molecular weight is 633 g/mol. The van der Waals surface area contributed by atoms with Crippen LogP contribution in [0.2, 0.25) is 0 Å². The normalized spacial score (nSPS) is 11.6. The number of fused-ring (bicyclic) bond motifs is 3. The van der Waals surface area contributed by atoms with E-state index in [2.05, 4.69) is 54.6 Å². The van der Waals surface area contributed by atoms with E-state index >= 15 is 0 Å². The van der Waals surface area contributed by atoms with E-state index in [1.165, 1.54) is 54.9 Å². The second-order valence-electron chi connectivity index (χ2n) is 7.35. The number of allylic oxidation sites excluding steroid dienone is 2. The summed E-state index contributed by atoms with van der Waals surface area (Å²) in [5, 5.41) is 13.4. The fourth-order valence-electron chi connectivity index (χ4n) is 3.81. The molecule has 0 aliphatic heterocycles. The van der Waals surface area contributed by atoms with Crippen LogP contribution in [0.5, 0.6) is 0 Å². The van der Waals surface area contributed by atoms with Crippen molar-refractivity contribution in [1.29, 1.82) is 0 Å². The van der Waals surface area contributed by atoms with E-state index in [0.29, 0.717) is 0 Å². The van der Waals surface area contributed by atoms with Crippen LogP contribution >= 0.6 is 22.7 Å². The number of thiophene rings is 1. The summed E-state index contributed by atoms with van der Waals surface area (Å²) >= 11 is 3.68. The number of nitrogens with zero attached hydrogens (tertiary/aromatic N) is 1. The van der Waals surface area contributed by atoms with Gasteiger partial charge in [0.15, 0.2) is 5.78 Å². The van der Waals surface area contributed by atoms with E-state index in [1.807, 2.05) is 34.8 Å². The van der Waals surface area contributed by atoms with Crippen LogP contribution in [0.1, 0.15) is 13.8 Å². The number of ketones is 1. The van der Waals surface area contributed by atoms with Crippen LogP contribution in [0.25, 0.3) is 51.4 Å². The van der Waals surface area contributed by atoms with Gasteiger partial charge < -0.3 is 5.11 Å². The van der Waals surface area contributed by atoms with Crippen molar-refractivity contribution in [1.82, 2.24) is 4.98 Å². The standard InChI is InChI=1S/C21H10NS2.C5H8O2.Ir/c1-2-7-14-12(5-1)11-18-21(22-14)13-6-3-8-15-19(13)20-16(23-15)9-4-10-17(20)24-18;1-4(6)3-5(2)7;/h1-5,7-11H;3,6H,1-2H3;/q-1;;/b;4-3-;. The zero-order valence-electron chi connectivity index (χ0n) is 17.3. The maximum absolute atomic E-state index is 10.0. The molecule has 0 spiro atoms. The molecule has 1 radical (unpaired) electrons. The van der Waals surface area contributed by atoms with E-state index in [9.17, 15) is 4.79 Å². The van der Waals surface area contributed by atoms with Crippen molar-refractivity contribution in [3.8, 4) is 0 Å². The van der Waals surface area contributed by atoms with Crippen LogP contribution in [-0.4, -0.2) is 15.9 Å². The van der Waals surface area contributed by atoms with Gasteiger partial charge in [0.2, 0.25) is 0 Å². The van der Waals surface area contributed by atoms with E-state index in [0.717, 1.165) is 16.4 Å². The van der Waals surface area contributed by atoms with Crippen molar-refractivity contribution in [3.05, 3.63) is 78.6 Å². The summed E-state index contributed by atoms with van der Waals surface area (Å²) in [6.45, 7) is 2.85. The number of hydrogen-bond donors (Lipinski definition) is 1. The van der Waals surface area contributed by atoms with Crippen molar-refractivity contribution in [2.45, 2.75) is 13.8 Å². The molecule has 0 unspecified atom stereocenters. The van der Waals surface area contributed by atoms with Gasteiger partial charge in [-0.05, 0) is 53.6 Å². The quantitative estimate of drug-likeness (QED) is 0.114. The Hall–Kier alpha value is -2.63. The Balaban J connectivity index is 0.000000271. The SMILES string of the molecule is CC(=O)/C=C(/C)O.[Ir].[c-]1ccc2sc3cccc4sc5cc6ccccc6nc5c1c2c43. The Bertz CT molecular complexity index is 1640. The first-order chi connectivity index (χ1) is 15.0. The molecular weight excluding hydrogens is 615 g/mol. The Morgan fingerprint density at radius 1 is 0.938 bits per heavy atom. The molecule has 3 heterocycles. The molecule has 0 saturated heterocycles. The number of benzene rings is 3. The summed E-state index contributed by atoms with van der Waals surface area (Å²) in [5.41, 5.74) is 2.10. The molecule has 0 fully saturated rings. The van der Waals surface area contributed by atoms with Gasteiger partial charge in [-0.1, -0.05) is 29.7 Å². The average Bonchev–Trinajstić information content (AvgIpc) is 3.05. The number of aliphatic hydroxyl groups excluding tert-OH is 1. The predicted octanol–water partition coefficient (Wildman–Crippen LogP) is 7.81. The maximum atomic E-state index is 10.0. The summed E-state index contributed by atoms with van der Waals surface area (Å²) in [5.74, 6) is -0.0625. The third-order valence-corrected chi connectivity index (χ3v) is 7.19. The number of aromatic nitrogens is 1. The smallest absolute Gasteiger partial charge is 0.155 e. The predicted molar refractivity (Wildman–Crippen MR) is 133 cm³/mol. The molecule has 6 heteroatoms. The van der Waals surface area contributed by atoms with Crippen LogP contribution in [0.4, 0.5) is 0 Å². The van der Waals surface area contributed by atoms with Gasteiger partial charge in [-0.15, -0.1) is 34.9 Å². The van der Waals surface area contributed by atoms with Crippen LogP contribution in [0.3, 0.4) is 0 Å². The molecule has 0 saturated carbocycles. The van der Waals surface area contributed by atoms with E-state index in [1.54, 1.807) is 0 Å². The minimum Gasteiger partial charge on any atom is -0.512 e. The Kier molecular flexibility index (Phi) is 6.40. The van der Waals surface area contributed by atoms with Gasteiger partial charge in [0.1, 0.15) is 0 Å². The molecule has 161 valence electrons. The van der Waals surface area contributed by atoms with Gasteiger partial charge in [0, 0.05) is 45.8 Å². The summed E-state index contributed by atoms with van der Waals surface area (Å²) in [6.07, 6.45) is 1.17. The van der Waals surface area contributed by atoms with E-state index in [-0.39, 0.29) is 31.6 Å². The van der Waals surface area contributed by atoms with Gasteiger partial charge in [0.05, 0.1) is 11.3 Å². The summed E-state index contributed by atoms with van der Waals surface area (Å²) in [6, 6.07) is 24.9. The van der Waals surface area contributed by atoms with E-state index < -0.39 is 0 Å². The number of hydrogen-bond acceptors (Lipinski definition) is 5. The van der Waals surface area contributed by atoms with Crippen molar-refractivity contribution in [3.63, 3.8) is 0 Å². The molecule has 0 atom stereocenters. The monoisotopic (exact) mass is 633 g/mol. The maximum Gasteiger partial charge on any atom is 0.155 e. The first kappa shape index (κ1) is 22.6. The molecule has 0 aliphatic rings. The third kappa shape index (κ3) is 4.07. The van der Waals surface area contributed by atoms with Gasteiger partial charge in [0.25, 0.3) is 0 Å². The van der Waals surface area contributed by atoms with Gasteiger partial charge >= 0.3 is 0 Å². The van der Waals surface area contributed by atoms with Crippen molar-refractivity contribution >= 4 is 79.8 Å². The van der Waals surface area contributed by atoms with Gasteiger partial charge in [-0.2, -0.15) is 11.3 Å². The Labute approximate surface area is 206 Å². The topological polar surface area (TPSA) is 50.2 Å². The zero-order chi connectivity index (χ0) is 21.5. The molecule has 1 N–H and O–H groups in total. The largest absolute Gasteiger partial charge is 0.512 e. The molecular formula is C26H18IrNO2S2-. The summed E-state index contributed by atoms with van der Waals surface area (Å²) in [4.78, 5) is 15.0. The number of aliphatic hydroxyl groups is 1. The molecule has 0 aliphatic carbocycles. The molecule has 0 amide bonds. The van der Waals surface area contributed by atoms with Crippen molar-refractivity contribution < 1.29 is 30.0 Å². The number of carbonyl (C=O) groups is 1. The third-order valence-electron chi connectivity index (χ3n) is 4.97. The van der Waals surface area contributed by atoms with Crippen LogP contribution < -0.4 is 0 Å².